The van der Waals surface area contributed by atoms with Gasteiger partial charge in [-0.3, -0.25) is 9.69 Å². The maximum Gasteiger partial charge on any atom is 0.433 e. The van der Waals surface area contributed by atoms with Crippen LogP contribution in [0.2, 0.25) is 5.02 Å². The van der Waals surface area contributed by atoms with Gasteiger partial charge >= 0.3 is 6.18 Å². The van der Waals surface area contributed by atoms with E-state index >= 15 is 0 Å². The molecule has 0 atom stereocenters. The number of carbonyl (C=O) groups is 1. The first kappa shape index (κ1) is 20.6. The fourth-order valence-electron chi connectivity index (χ4n) is 3.57. The van der Waals surface area contributed by atoms with Gasteiger partial charge in [0, 0.05) is 49.5 Å². The first-order valence-electron chi connectivity index (χ1n) is 9.41. The lowest BCUT2D eigenvalue weighted by Crippen LogP contribution is -2.48. The van der Waals surface area contributed by atoms with Crippen LogP contribution < -0.4 is 0 Å². The number of alkyl halides is 3. The van der Waals surface area contributed by atoms with Gasteiger partial charge in [0.25, 0.3) is 5.91 Å². The minimum atomic E-state index is -4.59. The Balaban J connectivity index is 1.47. The Labute approximate surface area is 175 Å². The maximum absolute atomic E-state index is 13.3. The molecule has 0 radical (unpaired) electrons. The predicted octanol–water partition coefficient (Wildman–Crippen LogP) is 3.67. The second kappa shape index (κ2) is 7.88. The van der Waals surface area contributed by atoms with Gasteiger partial charge in [-0.05, 0) is 30.7 Å². The third kappa shape index (κ3) is 4.27. The summed E-state index contributed by atoms with van der Waals surface area (Å²) >= 11 is 6.02. The number of halogens is 4. The molecule has 0 saturated carbocycles. The fraction of sp³-hybridized carbons (Fsp3) is 0.350. The van der Waals surface area contributed by atoms with Crippen LogP contribution >= 0.6 is 11.6 Å². The molecule has 0 spiro atoms. The SMILES string of the molecule is Cc1cc(C(F)(F)F)n2nc(C(=O)N3CCN(Cc4cccc(Cl)c4)CC3)cc2n1. The van der Waals surface area contributed by atoms with Crippen LogP contribution in [-0.4, -0.2) is 56.5 Å². The zero-order valence-corrected chi connectivity index (χ0v) is 16.9. The van der Waals surface area contributed by atoms with Crippen LogP contribution in [0.15, 0.2) is 36.4 Å². The largest absolute Gasteiger partial charge is 0.433 e. The molecule has 0 bridgehead atoms. The number of amides is 1. The van der Waals surface area contributed by atoms with Gasteiger partial charge in [-0.25, -0.2) is 9.50 Å². The molecule has 1 fully saturated rings. The number of aryl methyl sites for hydroxylation is 1. The quantitative estimate of drug-likeness (QED) is 0.627. The third-order valence-corrected chi connectivity index (χ3v) is 5.25. The van der Waals surface area contributed by atoms with E-state index in [9.17, 15) is 18.0 Å². The van der Waals surface area contributed by atoms with E-state index in [0.29, 0.717) is 35.7 Å². The minimum absolute atomic E-state index is 0.00488. The number of hydrogen-bond donors (Lipinski definition) is 0. The Morgan fingerprint density at radius 2 is 1.87 bits per heavy atom. The Morgan fingerprint density at radius 3 is 2.53 bits per heavy atom. The van der Waals surface area contributed by atoms with Crippen molar-refractivity contribution < 1.29 is 18.0 Å². The number of aromatic nitrogens is 3. The number of nitrogens with zero attached hydrogens (tertiary/aromatic N) is 5. The second-order valence-corrected chi connectivity index (χ2v) is 7.71. The first-order chi connectivity index (χ1) is 14.2. The first-order valence-corrected chi connectivity index (χ1v) is 9.79. The van der Waals surface area contributed by atoms with Gasteiger partial charge in [-0.15, -0.1) is 0 Å². The molecule has 6 nitrogen and oxygen atoms in total. The summed E-state index contributed by atoms with van der Waals surface area (Å²) in [5.74, 6) is -0.395. The Bertz CT molecular complexity index is 1090. The summed E-state index contributed by atoms with van der Waals surface area (Å²) in [5, 5.41) is 4.58. The minimum Gasteiger partial charge on any atom is -0.335 e. The molecule has 0 N–H and O–H groups in total. The summed E-state index contributed by atoms with van der Waals surface area (Å²) in [6, 6.07) is 9.84. The Hall–Kier alpha value is -2.65. The number of benzene rings is 1. The molecule has 3 heterocycles. The van der Waals surface area contributed by atoms with E-state index in [-0.39, 0.29) is 17.0 Å². The van der Waals surface area contributed by atoms with E-state index in [1.807, 2.05) is 24.3 Å². The lowest BCUT2D eigenvalue weighted by Gasteiger charge is -2.34. The smallest absolute Gasteiger partial charge is 0.335 e. The highest BCUT2D eigenvalue weighted by Crippen LogP contribution is 2.30. The van der Waals surface area contributed by atoms with Gasteiger partial charge in [0.05, 0.1) is 0 Å². The molecule has 1 aliphatic rings. The average molecular weight is 438 g/mol. The highest BCUT2D eigenvalue weighted by Gasteiger charge is 2.35. The molecule has 0 unspecified atom stereocenters. The molecule has 3 aromatic rings. The van der Waals surface area contributed by atoms with Crippen molar-refractivity contribution in [1.29, 1.82) is 0 Å². The summed E-state index contributed by atoms with van der Waals surface area (Å²) in [7, 11) is 0. The van der Waals surface area contributed by atoms with E-state index in [1.54, 1.807) is 4.90 Å². The average Bonchev–Trinajstić information content (AvgIpc) is 3.10. The van der Waals surface area contributed by atoms with Gasteiger partial charge in [0.15, 0.2) is 11.3 Å². The zero-order chi connectivity index (χ0) is 21.5. The fourth-order valence-corrected chi connectivity index (χ4v) is 3.78. The summed E-state index contributed by atoms with van der Waals surface area (Å²) < 4.78 is 40.6. The summed E-state index contributed by atoms with van der Waals surface area (Å²) in [6.07, 6.45) is -4.59. The van der Waals surface area contributed by atoms with E-state index in [2.05, 4.69) is 15.0 Å². The van der Waals surface area contributed by atoms with Crippen LogP contribution in [0, 0.1) is 6.92 Å². The van der Waals surface area contributed by atoms with E-state index < -0.39 is 17.8 Å². The van der Waals surface area contributed by atoms with Crippen molar-refractivity contribution in [3.63, 3.8) is 0 Å². The summed E-state index contributed by atoms with van der Waals surface area (Å²) in [5.41, 5.74) is 0.314. The highest BCUT2D eigenvalue weighted by molar-refractivity contribution is 6.30. The van der Waals surface area contributed by atoms with Crippen molar-refractivity contribution in [2.75, 3.05) is 26.2 Å². The number of rotatable bonds is 3. The van der Waals surface area contributed by atoms with Crippen LogP contribution in [-0.2, 0) is 12.7 Å². The van der Waals surface area contributed by atoms with Crippen LogP contribution in [0.1, 0.15) is 27.4 Å². The van der Waals surface area contributed by atoms with Crippen LogP contribution in [0.3, 0.4) is 0 Å². The topological polar surface area (TPSA) is 53.7 Å². The molecular formula is C20H19ClF3N5O. The van der Waals surface area contributed by atoms with E-state index in [1.165, 1.54) is 13.0 Å². The van der Waals surface area contributed by atoms with Crippen LogP contribution in [0.5, 0.6) is 0 Å². The van der Waals surface area contributed by atoms with Gasteiger partial charge in [0.1, 0.15) is 5.69 Å². The van der Waals surface area contributed by atoms with Gasteiger partial charge < -0.3 is 4.90 Å². The molecule has 30 heavy (non-hydrogen) atoms. The Morgan fingerprint density at radius 1 is 1.13 bits per heavy atom. The van der Waals surface area contributed by atoms with Gasteiger partial charge in [-0.2, -0.15) is 18.3 Å². The normalized spacial score (nSPS) is 15.7. The van der Waals surface area contributed by atoms with E-state index in [4.69, 9.17) is 11.6 Å². The molecular weight excluding hydrogens is 419 g/mol. The molecule has 0 aliphatic carbocycles. The second-order valence-electron chi connectivity index (χ2n) is 7.28. The van der Waals surface area contributed by atoms with Crippen LogP contribution in [0.25, 0.3) is 5.65 Å². The van der Waals surface area contributed by atoms with E-state index in [0.717, 1.165) is 18.2 Å². The zero-order valence-electron chi connectivity index (χ0n) is 16.2. The summed E-state index contributed by atoms with van der Waals surface area (Å²) in [4.78, 5) is 20.7. The molecule has 2 aromatic heterocycles. The van der Waals surface area contributed by atoms with Crippen LogP contribution in [0.4, 0.5) is 13.2 Å². The third-order valence-electron chi connectivity index (χ3n) is 5.02. The lowest BCUT2D eigenvalue weighted by molar-refractivity contribution is -0.142. The van der Waals surface area contributed by atoms with Gasteiger partial charge in [-0.1, -0.05) is 23.7 Å². The number of hydrogen-bond acceptors (Lipinski definition) is 4. The lowest BCUT2D eigenvalue weighted by atomic mass is 10.2. The van der Waals surface area contributed by atoms with Crippen molar-refractivity contribution in [3.8, 4) is 0 Å². The maximum atomic E-state index is 13.3. The standard InChI is InChI=1S/C20H19ClF3N5O/c1-13-9-17(20(22,23)24)29-18(25-13)11-16(26-29)19(30)28-7-5-27(6-8-28)12-14-3-2-4-15(21)10-14/h2-4,9-11H,5-8,12H2,1H3. The molecule has 4 rings (SSSR count). The highest BCUT2D eigenvalue weighted by atomic mass is 35.5. The van der Waals surface area contributed by atoms with Crippen molar-refractivity contribution in [2.24, 2.45) is 0 Å². The van der Waals surface area contributed by atoms with Crippen molar-refractivity contribution in [2.45, 2.75) is 19.6 Å². The molecule has 1 aliphatic heterocycles. The molecule has 1 aromatic carbocycles. The molecule has 10 heteroatoms. The van der Waals surface area contributed by atoms with Crippen molar-refractivity contribution in [1.82, 2.24) is 24.4 Å². The Kier molecular flexibility index (Phi) is 5.42. The van der Waals surface area contributed by atoms with Crippen molar-refractivity contribution >= 4 is 23.2 Å². The number of fused-ring (bicyclic) bond motifs is 1. The molecule has 158 valence electrons. The molecule has 1 amide bonds. The predicted molar refractivity (Wildman–Crippen MR) is 105 cm³/mol. The number of piperazine rings is 1. The number of carbonyl (C=O) groups excluding carboxylic acids is 1. The van der Waals surface area contributed by atoms with Gasteiger partial charge in [0.2, 0.25) is 0 Å². The monoisotopic (exact) mass is 437 g/mol. The van der Waals surface area contributed by atoms with Crippen molar-refractivity contribution in [3.05, 3.63) is 64.1 Å². The molecule has 1 saturated heterocycles. The summed E-state index contributed by atoms with van der Waals surface area (Å²) in [6.45, 7) is 4.42.